The molecule has 3 fully saturated rings. The van der Waals surface area contributed by atoms with Gasteiger partial charge in [-0.25, -0.2) is 4.79 Å². The quantitative estimate of drug-likeness (QED) is 0.743. The Hall–Kier alpha value is -2.44. The second kappa shape index (κ2) is 6.94. The van der Waals surface area contributed by atoms with Crippen LogP contribution in [0.25, 0.3) is 21.3 Å². The maximum Gasteiger partial charge on any atom is 0.413 e. The van der Waals surface area contributed by atoms with Gasteiger partial charge in [0.15, 0.2) is 5.06 Å². The summed E-state index contributed by atoms with van der Waals surface area (Å²) in [5, 5.41) is 4.78. The van der Waals surface area contributed by atoms with Gasteiger partial charge in [-0.15, -0.1) is 0 Å². The van der Waals surface area contributed by atoms with Crippen LogP contribution in [0.5, 0.6) is 5.06 Å². The molecule has 3 aromatic rings. The normalized spacial score (nSPS) is 24.1. The summed E-state index contributed by atoms with van der Waals surface area (Å²) in [7, 11) is 0. The van der Waals surface area contributed by atoms with E-state index >= 15 is 0 Å². The van der Waals surface area contributed by atoms with Crippen molar-refractivity contribution < 1.29 is 9.53 Å². The van der Waals surface area contributed by atoms with Gasteiger partial charge in [0.1, 0.15) is 0 Å². The summed E-state index contributed by atoms with van der Waals surface area (Å²) in [5.41, 5.74) is 2.02. The number of para-hydroxylation sites is 1. The van der Waals surface area contributed by atoms with Gasteiger partial charge < -0.3 is 15.0 Å². The van der Waals surface area contributed by atoms with Crippen molar-refractivity contribution in [3.05, 3.63) is 48.7 Å². The molecule has 27 heavy (non-hydrogen) atoms. The fourth-order valence-corrected chi connectivity index (χ4v) is 5.10. The van der Waals surface area contributed by atoms with Crippen molar-refractivity contribution in [2.75, 3.05) is 19.6 Å². The molecule has 2 aromatic heterocycles. The fourth-order valence-electron chi connectivity index (χ4n) is 4.22. The van der Waals surface area contributed by atoms with E-state index in [2.05, 4.69) is 33.4 Å². The molecule has 3 saturated heterocycles. The van der Waals surface area contributed by atoms with Gasteiger partial charge in [0.05, 0.1) is 5.52 Å². The topological polar surface area (TPSA) is 54.5 Å². The minimum absolute atomic E-state index is 0.210. The molecule has 0 radical (unpaired) electrons. The Labute approximate surface area is 162 Å². The summed E-state index contributed by atoms with van der Waals surface area (Å²) < 4.78 is 5.57. The van der Waals surface area contributed by atoms with E-state index in [0.717, 1.165) is 41.0 Å². The first kappa shape index (κ1) is 16.7. The largest absolute Gasteiger partial charge is 0.413 e. The summed E-state index contributed by atoms with van der Waals surface area (Å²) in [6.45, 7) is 3.26. The summed E-state index contributed by atoms with van der Waals surface area (Å²) in [6, 6.07) is 14.2. The minimum atomic E-state index is -0.349. The van der Waals surface area contributed by atoms with Gasteiger partial charge in [0.2, 0.25) is 0 Å². The smallest absolute Gasteiger partial charge is 0.399 e. The number of pyridine rings is 1. The lowest BCUT2D eigenvalue weighted by Crippen LogP contribution is -2.57. The van der Waals surface area contributed by atoms with E-state index in [1.807, 2.05) is 24.3 Å². The third-order valence-corrected chi connectivity index (χ3v) is 6.63. The molecule has 0 spiro atoms. The highest BCUT2D eigenvalue weighted by Crippen LogP contribution is 2.36. The van der Waals surface area contributed by atoms with Crippen molar-refractivity contribution in [1.82, 2.24) is 15.2 Å². The number of piperidine rings is 3. The lowest BCUT2D eigenvalue weighted by Gasteiger charge is -2.44. The standard InChI is InChI=1S/C21H21N3O2S/c25-21(23-17-13-24-11-8-14(17)9-12-24)26-19-7-6-18(27-19)16-5-1-3-15-4-2-10-22-20(15)16/h1-7,10,14,17H,8-9,11-13H2,(H,23,25). The van der Waals surface area contributed by atoms with E-state index in [4.69, 9.17) is 4.74 Å². The van der Waals surface area contributed by atoms with Crippen LogP contribution in [-0.4, -0.2) is 41.7 Å². The summed E-state index contributed by atoms with van der Waals surface area (Å²) in [5.74, 6) is 0.586. The molecule has 6 heteroatoms. The van der Waals surface area contributed by atoms with E-state index in [-0.39, 0.29) is 12.1 Å². The molecule has 5 nitrogen and oxygen atoms in total. The molecule has 6 rings (SSSR count). The molecular formula is C21H21N3O2S. The highest BCUT2D eigenvalue weighted by molar-refractivity contribution is 7.17. The molecule has 0 saturated carbocycles. The molecule has 1 atom stereocenters. The Morgan fingerprint density at radius 3 is 2.81 bits per heavy atom. The first-order valence-corrected chi connectivity index (χ1v) is 10.2. The zero-order valence-electron chi connectivity index (χ0n) is 14.9. The van der Waals surface area contributed by atoms with Crippen LogP contribution >= 0.6 is 11.3 Å². The Bertz CT molecular complexity index is 973. The van der Waals surface area contributed by atoms with Gasteiger partial charge in [-0.3, -0.25) is 4.98 Å². The average molecular weight is 379 g/mol. The van der Waals surface area contributed by atoms with Gasteiger partial charge >= 0.3 is 6.09 Å². The molecule has 138 valence electrons. The number of hydrogen-bond acceptors (Lipinski definition) is 5. The van der Waals surface area contributed by atoms with Crippen molar-refractivity contribution in [2.45, 2.75) is 18.9 Å². The Morgan fingerprint density at radius 2 is 2.00 bits per heavy atom. The number of hydrogen-bond donors (Lipinski definition) is 1. The molecule has 3 aliphatic rings. The van der Waals surface area contributed by atoms with Crippen molar-refractivity contribution in [3.8, 4) is 15.5 Å². The first-order chi connectivity index (χ1) is 13.3. The third kappa shape index (κ3) is 3.31. The van der Waals surface area contributed by atoms with Crippen LogP contribution in [-0.2, 0) is 0 Å². The maximum atomic E-state index is 12.4. The molecule has 1 unspecified atom stereocenters. The third-order valence-electron chi connectivity index (χ3n) is 5.63. The Morgan fingerprint density at radius 1 is 1.15 bits per heavy atom. The van der Waals surface area contributed by atoms with Crippen molar-refractivity contribution >= 4 is 28.3 Å². The molecule has 3 aliphatic heterocycles. The summed E-state index contributed by atoms with van der Waals surface area (Å²) >= 11 is 1.47. The summed E-state index contributed by atoms with van der Waals surface area (Å²) in [6.07, 6.45) is 3.79. The fraction of sp³-hybridized carbons (Fsp3) is 0.333. The number of amides is 1. The Balaban J connectivity index is 1.30. The molecule has 5 heterocycles. The minimum Gasteiger partial charge on any atom is -0.399 e. The second-order valence-corrected chi connectivity index (χ2v) is 8.32. The number of thiophene rings is 1. The first-order valence-electron chi connectivity index (χ1n) is 9.41. The molecule has 0 aliphatic carbocycles. The maximum absolute atomic E-state index is 12.4. The van der Waals surface area contributed by atoms with Crippen LogP contribution in [0.2, 0.25) is 0 Å². The highest BCUT2D eigenvalue weighted by atomic mass is 32.1. The molecule has 1 amide bonds. The monoisotopic (exact) mass is 379 g/mol. The number of nitrogens with one attached hydrogen (secondary N) is 1. The van der Waals surface area contributed by atoms with E-state index in [1.165, 1.54) is 24.2 Å². The van der Waals surface area contributed by atoms with Crippen LogP contribution < -0.4 is 10.1 Å². The zero-order valence-corrected chi connectivity index (χ0v) is 15.7. The van der Waals surface area contributed by atoms with Crippen LogP contribution in [0.4, 0.5) is 4.79 Å². The number of fused-ring (bicyclic) bond motifs is 4. The molecule has 1 N–H and O–H groups in total. The number of ether oxygens (including phenoxy) is 1. The number of rotatable bonds is 3. The van der Waals surface area contributed by atoms with E-state index in [9.17, 15) is 4.79 Å². The van der Waals surface area contributed by atoms with Gasteiger partial charge in [0, 0.05) is 34.6 Å². The van der Waals surface area contributed by atoms with Gasteiger partial charge in [-0.1, -0.05) is 35.6 Å². The SMILES string of the molecule is O=C(NC1CN2CCC1CC2)Oc1ccc(-c2cccc3cccnc23)s1. The van der Waals surface area contributed by atoms with Crippen LogP contribution in [0, 0.1) is 5.92 Å². The number of nitrogens with zero attached hydrogens (tertiary/aromatic N) is 2. The number of benzene rings is 1. The van der Waals surface area contributed by atoms with Gasteiger partial charge in [-0.05, 0) is 50.0 Å². The van der Waals surface area contributed by atoms with E-state index < -0.39 is 0 Å². The van der Waals surface area contributed by atoms with Crippen LogP contribution in [0.1, 0.15) is 12.8 Å². The molecular weight excluding hydrogens is 358 g/mol. The average Bonchev–Trinajstić information content (AvgIpc) is 3.16. The van der Waals surface area contributed by atoms with Gasteiger partial charge in [-0.2, -0.15) is 0 Å². The van der Waals surface area contributed by atoms with E-state index in [0.29, 0.717) is 11.0 Å². The zero-order chi connectivity index (χ0) is 18.2. The van der Waals surface area contributed by atoms with Gasteiger partial charge in [0.25, 0.3) is 0 Å². The lowest BCUT2D eigenvalue weighted by atomic mass is 9.84. The highest BCUT2D eigenvalue weighted by Gasteiger charge is 2.35. The number of carbonyl (C=O) groups is 1. The number of aromatic nitrogens is 1. The van der Waals surface area contributed by atoms with Crippen LogP contribution in [0.3, 0.4) is 0 Å². The summed E-state index contributed by atoms with van der Waals surface area (Å²) in [4.78, 5) is 20.3. The lowest BCUT2D eigenvalue weighted by molar-refractivity contribution is 0.0726. The Kier molecular flexibility index (Phi) is 4.30. The predicted octanol–water partition coefficient (Wildman–Crippen LogP) is 4.15. The van der Waals surface area contributed by atoms with Crippen LogP contribution in [0.15, 0.2) is 48.7 Å². The molecule has 2 bridgehead atoms. The van der Waals surface area contributed by atoms with Crippen molar-refractivity contribution in [3.63, 3.8) is 0 Å². The number of carbonyl (C=O) groups excluding carboxylic acids is 1. The van der Waals surface area contributed by atoms with Crippen molar-refractivity contribution in [1.29, 1.82) is 0 Å². The molecule has 1 aromatic carbocycles. The second-order valence-electron chi connectivity index (χ2n) is 7.28. The van der Waals surface area contributed by atoms with Crippen molar-refractivity contribution in [2.24, 2.45) is 5.92 Å². The van der Waals surface area contributed by atoms with E-state index in [1.54, 1.807) is 6.20 Å². The predicted molar refractivity (Wildman–Crippen MR) is 107 cm³/mol.